The average molecular weight is 261 g/mol. The van der Waals surface area contributed by atoms with E-state index in [2.05, 4.69) is 0 Å². The Morgan fingerprint density at radius 3 is 3.00 bits per heavy atom. The summed E-state index contributed by atoms with van der Waals surface area (Å²) in [4.78, 5) is 11.8. The maximum Gasteiger partial charge on any atom is 0.175 e. The van der Waals surface area contributed by atoms with E-state index in [1.807, 2.05) is 6.07 Å². The Hall–Kier alpha value is -2.06. The maximum absolute atomic E-state index is 11.8. The lowest BCUT2D eigenvalue weighted by molar-refractivity contribution is -0.124. The van der Waals surface area contributed by atoms with E-state index >= 15 is 0 Å². The first-order valence-electron chi connectivity index (χ1n) is 6.06. The van der Waals surface area contributed by atoms with E-state index < -0.39 is 0 Å². The Balaban J connectivity index is 1.99. The minimum atomic E-state index is -0.0654. The third-order valence-electron chi connectivity index (χ3n) is 3.05. The van der Waals surface area contributed by atoms with Crippen LogP contribution in [0.5, 0.6) is 11.5 Å². The van der Waals surface area contributed by atoms with Crippen molar-refractivity contribution < 1.29 is 19.0 Å². The molecule has 1 heterocycles. The molecule has 5 nitrogen and oxygen atoms in total. The Morgan fingerprint density at radius 2 is 2.37 bits per heavy atom. The minimum absolute atomic E-state index is 0.00368. The van der Waals surface area contributed by atoms with Crippen molar-refractivity contribution in [3.8, 4) is 17.6 Å². The summed E-state index contributed by atoms with van der Waals surface area (Å²) in [6.45, 7) is 1.11. The molecule has 1 saturated heterocycles. The SMILES string of the molecule is COc1cc(C#N)ccc1OCC(=O)C1CCOC1. The zero-order valence-corrected chi connectivity index (χ0v) is 10.7. The smallest absolute Gasteiger partial charge is 0.175 e. The van der Waals surface area contributed by atoms with Crippen LogP contribution in [0.1, 0.15) is 12.0 Å². The molecule has 1 aromatic carbocycles. The predicted molar refractivity (Wildman–Crippen MR) is 67.1 cm³/mol. The first-order valence-corrected chi connectivity index (χ1v) is 6.06. The van der Waals surface area contributed by atoms with Gasteiger partial charge in [-0.1, -0.05) is 0 Å². The standard InChI is InChI=1S/C14H15NO4/c1-17-14-6-10(7-15)2-3-13(14)19-9-12(16)11-4-5-18-8-11/h2-3,6,11H,4-5,8-9H2,1H3. The lowest BCUT2D eigenvalue weighted by Gasteiger charge is -2.12. The van der Waals surface area contributed by atoms with Gasteiger partial charge in [0.15, 0.2) is 17.3 Å². The molecule has 5 heteroatoms. The number of methoxy groups -OCH3 is 1. The predicted octanol–water partition coefficient (Wildman–Crippen LogP) is 1.55. The molecule has 2 rings (SSSR count). The van der Waals surface area contributed by atoms with Crippen molar-refractivity contribution in [1.29, 1.82) is 5.26 Å². The molecule has 0 radical (unpaired) electrons. The molecule has 1 unspecified atom stereocenters. The summed E-state index contributed by atoms with van der Waals surface area (Å²) < 4.78 is 15.8. The summed E-state index contributed by atoms with van der Waals surface area (Å²) in [6, 6.07) is 6.86. The summed E-state index contributed by atoms with van der Waals surface area (Å²) in [5.74, 6) is 0.886. The number of rotatable bonds is 5. The van der Waals surface area contributed by atoms with Gasteiger partial charge >= 0.3 is 0 Å². The second-order valence-electron chi connectivity index (χ2n) is 4.29. The second kappa shape index (κ2) is 6.21. The number of Topliss-reactive ketones (excluding diaryl/α,β-unsaturated/α-hetero) is 1. The first-order chi connectivity index (χ1) is 9.24. The van der Waals surface area contributed by atoms with Gasteiger partial charge in [-0.15, -0.1) is 0 Å². The molecule has 0 bridgehead atoms. The summed E-state index contributed by atoms with van der Waals surface area (Å²) >= 11 is 0. The van der Waals surface area contributed by atoms with Crippen molar-refractivity contribution in [3.63, 3.8) is 0 Å². The molecule has 1 aliphatic heterocycles. The molecular formula is C14H15NO4. The van der Waals surface area contributed by atoms with Crippen LogP contribution in [-0.4, -0.2) is 32.7 Å². The van der Waals surface area contributed by atoms with Crippen LogP contribution in [0.25, 0.3) is 0 Å². The highest BCUT2D eigenvalue weighted by Gasteiger charge is 2.24. The Labute approximate surface area is 111 Å². The van der Waals surface area contributed by atoms with Crippen molar-refractivity contribution in [2.24, 2.45) is 5.92 Å². The van der Waals surface area contributed by atoms with Crippen LogP contribution in [0.4, 0.5) is 0 Å². The highest BCUT2D eigenvalue weighted by Crippen LogP contribution is 2.28. The molecule has 100 valence electrons. The van der Waals surface area contributed by atoms with Gasteiger partial charge in [0.1, 0.15) is 6.61 Å². The number of carbonyl (C=O) groups excluding carboxylic acids is 1. The van der Waals surface area contributed by atoms with Gasteiger partial charge in [0.05, 0.1) is 25.3 Å². The number of ketones is 1. The van der Waals surface area contributed by atoms with Gasteiger partial charge in [-0.05, 0) is 18.6 Å². The fourth-order valence-corrected chi connectivity index (χ4v) is 1.91. The molecule has 0 aromatic heterocycles. The molecule has 1 aliphatic rings. The fraction of sp³-hybridized carbons (Fsp3) is 0.429. The second-order valence-corrected chi connectivity index (χ2v) is 4.29. The van der Waals surface area contributed by atoms with Gasteiger partial charge in [-0.25, -0.2) is 0 Å². The highest BCUT2D eigenvalue weighted by molar-refractivity contribution is 5.82. The monoisotopic (exact) mass is 261 g/mol. The summed E-state index contributed by atoms with van der Waals surface area (Å²) in [5, 5.41) is 8.80. The molecule has 0 N–H and O–H groups in total. The van der Waals surface area contributed by atoms with E-state index in [-0.39, 0.29) is 18.3 Å². The average Bonchev–Trinajstić information content (AvgIpc) is 2.98. The quantitative estimate of drug-likeness (QED) is 0.804. The zero-order valence-electron chi connectivity index (χ0n) is 10.7. The molecular weight excluding hydrogens is 246 g/mol. The number of benzene rings is 1. The van der Waals surface area contributed by atoms with Gasteiger partial charge < -0.3 is 14.2 Å². The Bertz CT molecular complexity index is 501. The lowest BCUT2D eigenvalue weighted by atomic mass is 10.0. The molecule has 1 atom stereocenters. The van der Waals surface area contributed by atoms with E-state index in [0.29, 0.717) is 30.3 Å². The van der Waals surface area contributed by atoms with Crippen molar-refractivity contribution in [1.82, 2.24) is 0 Å². The van der Waals surface area contributed by atoms with Crippen LogP contribution < -0.4 is 9.47 Å². The number of nitriles is 1. The van der Waals surface area contributed by atoms with Gasteiger partial charge in [0, 0.05) is 18.6 Å². The van der Waals surface area contributed by atoms with Gasteiger partial charge in [-0.3, -0.25) is 4.79 Å². The van der Waals surface area contributed by atoms with Crippen molar-refractivity contribution >= 4 is 5.78 Å². The van der Waals surface area contributed by atoms with Crippen molar-refractivity contribution in [2.45, 2.75) is 6.42 Å². The molecule has 0 amide bonds. The normalized spacial score (nSPS) is 17.8. The van der Waals surface area contributed by atoms with Crippen LogP contribution in [0.3, 0.4) is 0 Å². The van der Waals surface area contributed by atoms with Crippen molar-refractivity contribution in [3.05, 3.63) is 23.8 Å². The number of hydrogen-bond acceptors (Lipinski definition) is 5. The highest BCUT2D eigenvalue weighted by atomic mass is 16.5. The Kier molecular flexibility index (Phi) is 4.37. The maximum atomic E-state index is 11.8. The minimum Gasteiger partial charge on any atom is -0.493 e. The third kappa shape index (κ3) is 3.24. The van der Waals surface area contributed by atoms with Crippen LogP contribution in [0.15, 0.2) is 18.2 Å². The van der Waals surface area contributed by atoms with Crippen LogP contribution in [-0.2, 0) is 9.53 Å². The van der Waals surface area contributed by atoms with E-state index in [0.717, 1.165) is 6.42 Å². The molecule has 19 heavy (non-hydrogen) atoms. The molecule has 0 spiro atoms. The largest absolute Gasteiger partial charge is 0.493 e. The van der Waals surface area contributed by atoms with Crippen LogP contribution >= 0.6 is 0 Å². The zero-order chi connectivity index (χ0) is 13.7. The summed E-state index contributed by atoms with van der Waals surface area (Å²) in [5.41, 5.74) is 0.486. The summed E-state index contributed by atoms with van der Waals surface area (Å²) in [6.07, 6.45) is 0.757. The summed E-state index contributed by atoms with van der Waals surface area (Å²) in [7, 11) is 1.50. The number of nitrogens with zero attached hydrogens (tertiary/aromatic N) is 1. The van der Waals surface area contributed by atoms with Crippen molar-refractivity contribution in [2.75, 3.05) is 26.9 Å². The number of ether oxygens (including phenoxy) is 3. The van der Waals surface area contributed by atoms with Crippen LogP contribution in [0, 0.1) is 17.2 Å². The van der Waals surface area contributed by atoms with Gasteiger partial charge in [-0.2, -0.15) is 5.26 Å². The number of carbonyl (C=O) groups is 1. The van der Waals surface area contributed by atoms with Gasteiger partial charge in [0.2, 0.25) is 0 Å². The molecule has 1 aromatic rings. The van der Waals surface area contributed by atoms with E-state index in [9.17, 15) is 4.79 Å². The van der Waals surface area contributed by atoms with Crippen LogP contribution in [0.2, 0.25) is 0 Å². The molecule has 0 saturated carbocycles. The topological polar surface area (TPSA) is 68.5 Å². The Morgan fingerprint density at radius 1 is 1.53 bits per heavy atom. The lowest BCUT2D eigenvalue weighted by Crippen LogP contribution is -2.21. The third-order valence-corrected chi connectivity index (χ3v) is 3.05. The molecule has 0 aliphatic carbocycles. The fourth-order valence-electron chi connectivity index (χ4n) is 1.91. The van der Waals surface area contributed by atoms with E-state index in [4.69, 9.17) is 19.5 Å². The van der Waals surface area contributed by atoms with Gasteiger partial charge in [0.25, 0.3) is 0 Å². The molecule has 1 fully saturated rings. The first kappa shape index (κ1) is 13.4. The van der Waals surface area contributed by atoms with E-state index in [1.165, 1.54) is 7.11 Å². The van der Waals surface area contributed by atoms with E-state index in [1.54, 1.807) is 18.2 Å². The number of hydrogen-bond donors (Lipinski definition) is 0.